The van der Waals surface area contributed by atoms with Gasteiger partial charge < -0.3 is 9.84 Å². The van der Waals surface area contributed by atoms with E-state index in [0.29, 0.717) is 18.6 Å². The molecule has 3 nitrogen and oxygen atoms in total. The molecule has 0 aromatic heterocycles. The van der Waals surface area contributed by atoms with Gasteiger partial charge in [0.15, 0.2) is 0 Å². The standard InChI is InChI=1S/C12H14O3S/c1-15-10-4-3-8(16-2)7-9(10)12(5-6-12)11(13)14/h3-4,7H,5-6H2,1-2H3,(H,13,14). The first-order valence-electron chi connectivity index (χ1n) is 5.10. The summed E-state index contributed by atoms with van der Waals surface area (Å²) in [6.45, 7) is 0. The number of methoxy groups -OCH3 is 1. The van der Waals surface area contributed by atoms with Crippen LogP contribution in [-0.4, -0.2) is 24.4 Å². The van der Waals surface area contributed by atoms with Gasteiger partial charge in [0.05, 0.1) is 12.5 Å². The van der Waals surface area contributed by atoms with Gasteiger partial charge in [0, 0.05) is 10.5 Å². The first kappa shape index (κ1) is 11.3. The van der Waals surface area contributed by atoms with Crippen molar-refractivity contribution in [1.82, 2.24) is 0 Å². The summed E-state index contributed by atoms with van der Waals surface area (Å²) in [5.41, 5.74) is 0.117. The number of carboxylic acid groups (broad SMARTS) is 1. The number of aliphatic carboxylic acids is 1. The Bertz CT molecular complexity index is 424. The van der Waals surface area contributed by atoms with Crippen molar-refractivity contribution in [1.29, 1.82) is 0 Å². The molecule has 86 valence electrons. The molecule has 0 aliphatic heterocycles. The molecule has 0 amide bonds. The molecule has 0 heterocycles. The molecule has 16 heavy (non-hydrogen) atoms. The number of benzene rings is 1. The quantitative estimate of drug-likeness (QED) is 0.819. The summed E-state index contributed by atoms with van der Waals surface area (Å²) in [4.78, 5) is 12.4. The second-order valence-corrected chi connectivity index (χ2v) is 4.83. The SMILES string of the molecule is COc1ccc(SC)cc1C1(C(=O)O)CC1. The number of thioether (sulfide) groups is 1. The van der Waals surface area contributed by atoms with Gasteiger partial charge in [-0.1, -0.05) is 0 Å². The molecule has 4 heteroatoms. The monoisotopic (exact) mass is 238 g/mol. The lowest BCUT2D eigenvalue weighted by atomic mass is 9.95. The molecule has 0 saturated heterocycles. The van der Waals surface area contributed by atoms with Crippen molar-refractivity contribution in [2.24, 2.45) is 0 Å². The molecule has 1 aromatic carbocycles. The Kier molecular flexibility index (Phi) is 2.84. The van der Waals surface area contributed by atoms with Crippen molar-refractivity contribution in [2.45, 2.75) is 23.2 Å². The second-order valence-electron chi connectivity index (χ2n) is 3.95. The van der Waals surface area contributed by atoms with Crippen molar-refractivity contribution in [3.05, 3.63) is 23.8 Å². The fourth-order valence-corrected chi connectivity index (χ4v) is 2.35. The highest BCUT2D eigenvalue weighted by Gasteiger charge is 2.53. The van der Waals surface area contributed by atoms with Gasteiger partial charge in [-0.15, -0.1) is 11.8 Å². The van der Waals surface area contributed by atoms with Gasteiger partial charge in [-0.05, 0) is 37.3 Å². The summed E-state index contributed by atoms with van der Waals surface area (Å²) in [6, 6.07) is 5.74. The normalized spacial score (nSPS) is 16.9. The highest BCUT2D eigenvalue weighted by Crippen LogP contribution is 2.52. The van der Waals surface area contributed by atoms with Crippen LogP contribution in [0.15, 0.2) is 23.1 Å². The summed E-state index contributed by atoms with van der Waals surface area (Å²) in [5, 5.41) is 9.28. The van der Waals surface area contributed by atoms with Gasteiger partial charge in [0.2, 0.25) is 0 Å². The topological polar surface area (TPSA) is 46.5 Å². The third-order valence-corrected chi connectivity index (χ3v) is 3.81. The Morgan fingerprint density at radius 2 is 2.19 bits per heavy atom. The lowest BCUT2D eigenvalue weighted by Crippen LogP contribution is -2.20. The fraction of sp³-hybridized carbons (Fsp3) is 0.417. The molecule has 2 rings (SSSR count). The number of hydrogen-bond donors (Lipinski definition) is 1. The number of carboxylic acids is 1. The third-order valence-electron chi connectivity index (χ3n) is 3.08. The molecule has 0 spiro atoms. The highest BCUT2D eigenvalue weighted by atomic mass is 32.2. The lowest BCUT2D eigenvalue weighted by molar-refractivity contribution is -0.140. The van der Waals surface area contributed by atoms with Crippen LogP contribution in [0.3, 0.4) is 0 Å². The van der Waals surface area contributed by atoms with Gasteiger partial charge in [0.1, 0.15) is 5.75 Å². The Morgan fingerprint density at radius 1 is 1.50 bits per heavy atom. The van der Waals surface area contributed by atoms with Crippen LogP contribution in [0.1, 0.15) is 18.4 Å². The first-order chi connectivity index (χ1) is 7.64. The van der Waals surface area contributed by atoms with E-state index >= 15 is 0 Å². The van der Waals surface area contributed by atoms with Gasteiger partial charge in [-0.25, -0.2) is 0 Å². The Balaban J connectivity index is 2.49. The number of carbonyl (C=O) groups is 1. The van der Waals surface area contributed by atoms with Crippen molar-refractivity contribution < 1.29 is 14.6 Å². The zero-order chi connectivity index (χ0) is 11.8. The van der Waals surface area contributed by atoms with Gasteiger partial charge in [0.25, 0.3) is 0 Å². The van der Waals surface area contributed by atoms with E-state index in [1.165, 1.54) is 0 Å². The average molecular weight is 238 g/mol. The summed E-state index contributed by atoms with van der Waals surface area (Å²) in [7, 11) is 1.58. The van der Waals surface area contributed by atoms with Crippen molar-refractivity contribution in [3.8, 4) is 5.75 Å². The smallest absolute Gasteiger partial charge is 0.314 e. The summed E-state index contributed by atoms with van der Waals surface area (Å²) < 4.78 is 5.25. The minimum atomic E-state index is -0.746. The van der Waals surface area contributed by atoms with E-state index in [2.05, 4.69) is 0 Å². The second kappa shape index (κ2) is 4.01. The molecule has 1 aromatic rings. The summed E-state index contributed by atoms with van der Waals surface area (Å²) in [5.74, 6) is -0.0678. The minimum absolute atomic E-state index is 0.678. The van der Waals surface area contributed by atoms with Gasteiger partial charge in [-0.3, -0.25) is 4.79 Å². The molecule has 0 bridgehead atoms. The van der Waals surface area contributed by atoms with Crippen LogP contribution in [-0.2, 0) is 10.2 Å². The molecule has 1 N–H and O–H groups in total. The molecule has 0 unspecified atom stereocenters. The van der Waals surface area contributed by atoms with Crippen LogP contribution in [0.25, 0.3) is 0 Å². The molecular formula is C12H14O3S. The minimum Gasteiger partial charge on any atom is -0.496 e. The van der Waals surface area contributed by atoms with Gasteiger partial charge in [-0.2, -0.15) is 0 Å². The Labute approximate surface area is 98.8 Å². The molecule has 1 fully saturated rings. The predicted molar refractivity (Wildman–Crippen MR) is 63.3 cm³/mol. The van der Waals surface area contributed by atoms with E-state index in [1.807, 2.05) is 24.5 Å². The number of hydrogen-bond acceptors (Lipinski definition) is 3. The van der Waals surface area contributed by atoms with Crippen molar-refractivity contribution >= 4 is 17.7 Å². The molecule has 1 saturated carbocycles. The fourth-order valence-electron chi connectivity index (χ4n) is 1.91. The maximum Gasteiger partial charge on any atom is 0.314 e. The van der Waals surface area contributed by atoms with Gasteiger partial charge >= 0.3 is 5.97 Å². The zero-order valence-electron chi connectivity index (χ0n) is 9.32. The third kappa shape index (κ3) is 1.67. The van der Waals surface area contributed by atoms with Crippen LogP contribution >= 0.6 is 11.8 Å². The summed E-state index contributed by atoms with van der Waals surface area (Å²) >= 11 is 1.61. The average Bonchev–Trinajstić information content (AvgIpc) is 3.09. The molecule has 1 aliphatic rings. The van der Waals surface area contributed by atoms with E-state index in [4.69, 9.17) is 4.74 Å². The van der Waals surface area contributed by atoms with E-state index < -0.39 is 11.4 Å². The van der Waals surface area contributed by atoms with Crippen LogP contribution in [0, 0.1) is 0 Å². The first-order valence-corrected chi connectivity index (χ1v) is 6.32. The highest BCUT2D eigenvalue weighted by molar-refractivity contribution is 7.98. The molecular weight excluding hydrogens is 224 g/mol. The maximum absolute atomic E-state index is 11.3. The lowest BCUT2D eigenvalue weighted by Gasteiger charge is -2.15. The predicted octanol–water partition coefficient (Wildman–Crippen LogP) is 2.53. The van der Waals surface area contributed by atoms with Crippen molar-refractivity contribution in [2.75, 3.05) is 13.4 Å². The van der Waals surface area contributed by atoms with E-state index in [9.17, 15) is 9.90 Å². The number of rotatable bonds is 4. The van der Waals surface area contributed by atoms with Crippen LogP contribution in [0.4, 0.5) is 0 Å². The van der Waals surface area contributed by atoms with E-state index in [1.54, 1.807) is 18.9 Å². The largest absolute Gasteiger partial charge is 0.496 e. The summed E-state index contributed by atoms with van der Waals surface area (Å²) in [6.07, 6.45) is 3.39. The number of ether oxygens (including phenoxy) is 1. The Morgan fingerprint density at radius 3 is 2.62 bits per heavy atom. The van der Waals surface area contributed by atoms with Crippen LogP contribution in [0.2, 0.25) is 0 Å². The van der Waals surface area contributed by atoms with Crippen LogP contribution < -0.4 is 4.74 Å². The molecule has 1 aliphatic carbocycles. The van der Waals surface area contributed by atoms with Crippen molar-refractivity contribution in [3.63, 3.8) is 0 Å². The van der Waals surface area contributed by atoms with Crippen LogP contribution in [0.5, 0.6) is 5.75 Å². The molecule has 0 radical (unpaired) electrons. The Hall–Kier alpha value is -1.16. The zero-order valence-corrected chi connectivity index (χ0v) is 10.1. The maximum atomic E-state index is 11.3. The molecule has 0 atom stereocenters. The van der Waals surface area contributed by atoms with E-state index in [0.717, 1.165) is 10.5 Å². The van der Waals surface area contributed by atoms with E-state index in [-0.39, 0.29) is 0 Å².